The van der Waals surface area contributed by atoms with Crippen molar-refractivity contribution in [2.24, 2.45) is 0 Å². The molecular formula is C12H21N3O. The summed E-state index contributed by atoms with van der Waals surface area (Å²) in [5.41, 5.74) is 1.20. The first kappa shape index (κ1) is 11.5. The zero-order valence-corrected chi connectivity index (χ0v) is 10.4. The van der Waals surface area contributed by atoms with Crippen molar-refractivity contribution in [3.63, 3.8) is 0 Å². The quantitative estimate of drug-likeness (QED) is 0.799. The summed E-state index contributed by atoms with van der Waals surface area (Å²) < 4.78 is 7.39. The molecular weight excluding hydrogens is 202 g/mol. The number of ether oxygens (including phenoxy) is 1. The Morgan fingerprint density at radius 3 is 2.88 bits per heavy atom. The Bertz CT molecular complexity index is 342. The molecule has 1 aromatic heterocycles. The van der Waals surface area contributed by atoms with Crippen molar-refractivity contribution < 1.29 is 4.74 Å². The first-order valence-electron chi connectivity index (χ1n) is 6.06. The van der Waals surface area contributed by atoms with Gasteiger partial charge >= 0.3 is 0 Å². The minimum absolute atomic E-state index is 0.389. The lowest BCUT2D eigenvalue weighted by Crippen LogP contribution is -2.21. The Balaban J connectivity index is 1.99. The maximum atomic E-state index is 5.34. The summed E-state index contributed by atoms with van der Waals surface area (Å²) in [5.74, 6) is 0.909. The van der Waals surface area contributed by atoms with E-state index in [1.54, 1.807) is 7.11 Å². The lowest BCUT2D eigenvalue weighted by Gasteiger charge is -2.12. The summed E-state index contributed by atoms with van der Waals surface area (Å²) in [7, 11) is 1.71. The molecule has 1 heterocycles. The van der Waals surface area contributed by atoms with E-state index in [1.165, 1.54) is 18.5 Å². The van der Waals surface area contributed by atoms with Gasteiger partial charge in [-0.1, -0.05) is 0 Å². The second-order valence-corrected chi connectivity index (χ2v) is 4.68. The highest BCUT2D eigenvalue weighted by atomic mass is 16.5. The van der Waals surface area contributed by atoms with Gasteiger partial charge in [-0.25, -0.2) is 0 Å². The summed E-state index contributed by atoms with van der Waals surface area (Å²) in [4.78, 5) is 0. The van der Waals surface area contributed by atoms with Crippen LogP contribution >= 0.6 is 0 Å². The second kappa shape index (κ2) is 4.87. The van der Waals surface area contributed by atoms with Crippen molar-refractivity contribution in [1.29, 1.82) is 0 Å². The fourth-order valence-corrected chi connectivity index (χ4v) is 1.91. The van der Waals surface area contributed by atoms with Gasteiger partial charge in [-0.05, 0) is 26.7 Å². The number of hydrogen-bond acceptors (Lipinski definition) is 3. The molecule has 0 atom stereocenters. The van der Waals surface area contributed by atoms with Crippen LogP contribution in [0, 0.1) is 0 Å². The number of rotatable bonds is 6. The zero-order valence-electron chi connectivity index (χ0n) is 10.4. The highest BCUT2D eigenvalue weighted by molar-refractivity contribution is 5.25. The van der Waals surface area contributed by atoms with E-state index in [-0.39, 0.29) is 0 Å². The lowest BCUT2D eigenvalue weighted by atomic mass is 10.2. The maximum Gasteiger partial charge on any atom is 0.159 e. The highest BCUT2D eigenvalue weighted by Crippen LogP contribution is 2.22. The molecule has 0 bridgehead atoms. The molecule has 1 fully saturated rings. The van der Waals surface area contributed by atoms with Gasteiger partial charge in [0.05, 0.1) is 19.0 Å². The third-order valence-electron chi connectivity index (χ3n) is 2.94. The predicted molar refractivity (Wildman–Crippen MR) is 63.9 cm³/mol. The molecule has 0 aromatic carbocycles. The summed E-state index contributed by atoms with van der Waals surface area (Å²) in [6.07, 6.45) is 5.46. The molecule has 2 rings (SSSR count). The summed E-state index contributed by atoms with van der Waals surface area (Å²) in [5, 5.41) is 7.88. The summed E-state index contributed by atoms with van der Waals surface area (Å²) in [6, 6.07) is 1.15. The monoisotopic (exact) mass is 223 g/mol. The largest absolute Gasteiger partial charge is 0.493 e. The second-order valence-electron chi connectivity index (χ2n) is 4.68. The maximum absolute atomic E-state index is 5.34. The van der Waals surface area contributed by atoms with Crippen molar-refractivity contribution in [2.45, 2.75) is 45.2 Å². The minimum atomic E-state index is 0.389. The van der Waals surface area contributed by atoms with Crippen LogP contribution in [0.25, 0.3) is 0 Å². The van der Waals surface area contributed by atoms with Gasteiger partial charge in [0, 0.05) is 25.0 Å². The molecule has 0 spiro atoms. The van der Waals surface area contributed by atoms with Crippen LogP contribution in [0.4, 0.5) is 0 Å². The van der Waals surface area contributed by atoms with Crippen molar-refractivity contribution in [3.05, 3.63) is 11.9 Å². The van der Waals surface area contributed by atoms with Crippen molar-refractivity contribution in [3.8, 4) is 5.75 Å². The van der Waals surface area contributed by atoms with Gasteiger partial charge in [0.25, 0.3) is 0 Å². The molecule has 1 aromatic rings. The van der Waals surface area contributed by atoms with Gasteiger partial charge in [-0.2, -0.15) is 5.10 Å². The molecule has 0 aliphatic heterocycles. The van der Waals surface area contributed by atoms with E-state index in [0.717, 1.165) is 24.8 Å². The summed E-state index contributed by atoms with van der Waals surface area (Å²) >= 11 is 0. The standard InChI is InChI=1S/C12H21N3O/c1-9(2)15-11(12(16-3)8-14-15)6-7-13-10-4-5-10/h8-10,13H,4-7H2,1-3H3. The Morgan fingerprint density at radius 2 is 2.31 bits per heavy atom. The van der Waals surface area contributed by atoms with Crippen LogP contribution < -0.4 is 10.1 Å². The highest BCUT2D eigenvalue weighted by Gasteiger charge is 2.20. The number of hydrogen-bond donors (Lipinski definition) is 1. The van der Waals surface area contributed by atoms with E-state index in [2.05, 4.69) is 24.3 Å². The molecule has 1 aliphatic rings. The van der Waals surface area contributed by atoms with Crippen LogP contribution in [0.1, 0.15) is 38.4 Å². The van der Waals surface area contributed by atoms with Gasteiger partial charge in [0.1, 0.15) is 0 Å². The van der Waals surface area contributed by atoms with E-state index in [0.29, 0.717) is 6.04 Å². The Labute approximate surface area is 97.0 Å². The zero-order chi connectivity index (χ0) is 11.5. The Morgan fingerprint density at radius 1 is 1.56 bits per heavy atom. The fourth-order valence-electron chi connectivity index (χ4n) is 1.91. The van der Waals surface area contributed by atoms with Crippen molar-refractivity contribution >= 4 is 0 Å². The van der Waals surface area contributed by atoms with Crippen LogP contribution in [0.3, 0.4) is 0 Å². The van der Waals surface area contributed by atoms with Crippen LogP contribution in [-0.4, -0.2) is 29.5 Å². The lowest BCUT2D eigenvalue weighted by molar-refractivity contribution is 0.403. The summed E-state index contributed by atoms with van der Waals surface area (Å²) in [6.45, 7) is 5.30. The third kappa shape index (κ3) is 2.55. The van der Waals surface area contributed by atoms with Gasteiger partial charge in [0.2, 0.25) is 0 Å². The van der Waals surface area contributed by atoms with E-state index < -0.39 is 0 Å². The Hall–Kier alpha value is -1.03. The molecule has 0 saturated heterocycles. The molecule has 4 heteroatoms. The first-order chi connectivity index (χ1) is 7.72. The van der Waals surface area contributed by atoms with E-state index in [4.69, 9.17) is 4.74 Å². The topological polar surface area (TPSA) is 39.1 Å². The van der Waals surface area contributed by atoms with E-state index >= 15 is 0 Å². The number of nitrogens with zero attached hydrogens (tertiary/aromatic N) is 2. The first-order valence-corrected chi connectivity index (χ1v) is 6.06. The SMILES string of the molecule is COc1cnn(C(C)C)c1CCNC1CC1. The molecule has 0 amide bonds. The molecule has 1 saturated carbocycles. The predicted octanol–water partition coefficient (Wildman–Crippen LogP) is 1.77. The van der Waals surface area contributed by atoms with Gasteiger partial charge < -0.3 is 10.1 Å². The molecule has 90 valence electrons. The molecule has 0 radical (unpaired) electrons. The van der Waals surface area contributed by atoms with E-state index in [9.17, 15) is 0 Å². The smallest absolute Gasteiger partial charge is 0.159 e. The molecule has 0 unspecified atom stereocenters. The number of methoxy groups -OCH3 is 1. The average Bonchev–Trinajstić information content (AvgIpc) is 2.97. The third-order valence-corrected chi connectivity index (χ3v) is 2.94. The van der Waals surface area contributed by atoms with Crippen molar-refractivity contribution in [2.75, 3.05) is 13.7 Å². The molecule has 1 N–H and O–H groups in total. The number of nitrogens with one attached hydrogen (secondary N) is 1. The molecule has 1 aliphatic carbocycles. The van der Waals surface area contributed by atoms with Gasteiger partial charge in [-0.15, -0.1) is 0 Å². The van der Waals surface area contributed by atoms with Crippen LogP contribution in [0.15, 0.2) is 6.20 Å². The van der Waals surface area contributed by atoms with Crippen LogP contribution in [0.5, 0.6) is 5.75 Å². The van der Waals surface area contributed by atoms with Gasteiger partial charge in [-0.3, -0.25) is 4.68 Å². The molecule has 4 nitrogen and oxygen atoms in total. The van der Waals surface area contributed by atoms with Crippen LogP contribution in [-0.2, 0) is 6.42 Å². The fraction of sp³-hybridized carbons (Fsp3) is 0.750. The van der Waals surface area contributed by atoms with Crippen molar-refractivity contribution in [1.82, 2.24) is 15.1 Å². The normalized spacial score (nSPS) is 15.8. The van der Waals surface area contributed by atoms with Crippen LogP contribution in [0.2, 0.25) is 0 Å². The number of aromatic nitrogens is 2. The van der Waals surface area contributed by atoms with E-state index in [1.807, 2.05) is 10.9 Å². The Kier molecular flexibility index (Phi) is 3.49. The average molecular weight is 223 g/mol. The minimum Gasteiger partial charge on any atom is -0.493 e. The molecule has 16 heavy (non-hydrogen) atoms. The van der Waals surface area contributed by atoms with Gasteiger partial charge in [0.15, 0.2) is 5.75 Å².